The van der Waals surface area contributed by atoms with E-state index < -0.39 is 0 Å². The van der Waals surface area contributed by atoms with Crippen LogP contribution in [-0.4, -0.2) is 4.57 Å². The number of rotatable bonds is 2. The van der Waals surface area contributed by atoms with E-state index in [9.17, 15) is 0 Å². The fraction of sp³-hybridized carbons (Fsp3) is 0.385. The van der Waals surface area contributed by atoms with E-state index in [1.54, 1.807) is 11.3 Å². The van der Waals surface area contributed by atoms with Gasteiger partial charge in [-0.3, -0.25) is 0 Å². The van der Waals surface area contributed by atoms with Crippen molar-refractivity contribution in [1.82, 2.24) is 4.57 Å². The van der Waals surface area contributed by atoms with E-state index in [4.69, 9.17) is 5.73 Å². The van der Waals surface area contributed by atoms with E-state index in [2.05, 4.69) is 44.3 Å². The van der Waals surface area contributed by atoms with Gasteiger partial charge in [-0.25, -0.2) is 0 Å². The summed E-state index contributed by atoms with van der Waals surface area (Å²) in [7, 11) is 0. The molecule has 2 aromatic rings. The summed E-state index contributed by atoms with van der Waals surface area (Å²) in [5.41, 5.74) is 8.94. The van der Waals surface area contributed by atoms with Crippen molar-refractivity contribution in [3.05, 3.63) is 44.3 Å². The normalized spacial score (nSPS) is 19.3. The molecule has 3 rings (SSSR count). The van der Waals surface area contributed by atoms with Gasteiger partial charge in [0.15, 0.2) is 0 Å². The molecule has 0 fully saturated rings. The summed E-state index contributed by atoms with van der Waals surface area (Å²) >= 11 is 5.29. The largest absolute Gasteiger partial charge is 0.348 e. The fourth-order valence-corrected chi connectivity index (χ4v) is 3.95. The van der Waals surface area contributed by atoms with Crippen LogP contribution in [0.15, 0.2) is 28.3 Å². The Labute approximate surface area is 114 Å². The Hall–Kier alpha value is -0.580. The van der Waals surface area contributed by atoms with Crippen molar-refractivity contribution in [2.75, 3.05) is 0 Å². The molecule has 1 aliphatic rings. The molecule has 2 nitrogen and oxygen atoms in total. The number of nitrogens with two attached hydrogens (primary N) is 1. The van der Waals surface area contributed by atoms with Crippen LogP contribution in [0.3, 0.4) is 0 Å². The third-order valence-corrected chi connectivity index (χ3v) is 5.00. The molecule has 4 heteroatoms. The Morgan fingerprint density at radius 1 is 1.47 bits per heavy atom. The first-order valence-electron chi connectivity index (χ1n) is 5.89. The number of thiophene rings is 1. The topological polar surface area (TPSA) is 30.9 Å². The molecule has 90 valence electrons. The molecule has 0 bridgehead atoms. The molecule has 0 saturated carbocycles. The van der Waals surface area contributed by atoms with Crippen LogP contribution in [-0.2, 0) is 13.0 Å². The van der Waals surface area contributed by atoms with E-state index in [0.29, 0.717) is 0 Å². The lowest BCUT2D eigenvalue weighted by atomic mass is 9.92. The SMILES string of the molecule is NC1CCCc2cn(Cc3cc(Br)cs3)cc21. The maximum Gasteiger partial charge on any atom is 0.0564 e. The van der Waals surface area contributed by atoms with E-state index in [1.165, 1.54) is 33.3 Å². The molecule has 17 heavy (non-hydrogen) atoms. The Morgan fingerprint density at radius 2 is 2.35 bits per heavy atom. The number of aromatic nitrogens is 1. The first kappa shape index (κ1) is 11.5. The van der Waals surface area contributed by atoms with Crippen molar-refractivity contribution >= 4 is 27.3 Å². The van der Waals surface area contributed by atoms with E-state index in [0.717, 1.165) is 13.0 Å². The van der Waals surface area contributed by atoms with Crippen LogP contribution in [0.25, 0.3) is 0 Å². The van der Waals surface area contributed by atoms with Gasteiger partial charge in [0.2, 0.25) is 0 Å². The molecule has 1 unspecified atom stereocenters. The molecule has 2 N–H and O–H groups in total. The van der Waals surface area contributed by atoms with Crippen molar-refractivity contribution in [3.63, 3.8) is 0 Å². The number of fused-ring (bicyclic) bond motifs is 1. The summed E-state index contributed by atoms with van der Waals surface area (Å²) in [5.74, 6) is 0. The van der Waals surface area contributed by atoms with Crippen molar-refractivity contribution in [2.45, 2.75) is 31.8 Å². The van der Waals surface area contributed by atoms with Crippen LogP contribution >= 0.6 is 27.3 Å². The van der Waals surface area contributed by atoms with E-state index in [1.807, 2.05) is 0 Å². The fourth-order valence-electron chi connectivity index (χ4n) is 2.49. The minimum Gasteiger partial charge on any atom is -0.348 e. The Balaban J connectivity index is 1.85. The van der Waals surface area contributed by atoms with Gasteiger partial charge in [-0.05, 0) is 52.4 Å². The Bertz CT molecular complexity index is 529. The first-order chi connectivity index (χ1) is 8.22. The summed E-state index contributed by atoms with van der Waals surface area (Å²) in [6.07, 6.45) is 8.03. The number of hydrogen-bond acceptors (Lipinski definition) is 2. The zero-order valence-electron chi connectivity index (χ0n) is 9.53. The lowest BCUT2D eigenvalue weighted by Crippen LogP contribution is -2.15. The third kappa shape index (κ3) is 2.34. The quantitative estimate of drug-likeness (QED) is 0.901. The van der Waals surface area contributed by atoms with Crippen molar-refractivity contribution in [2.24, 2.45) is 5.73 Å². The zero-order valence-corrected chi connectivity index (χ0v) is 11.9. The predicted molar refractivity (Wildman–Crippen MR) is 75.4 cm³/mol. The van der Waals surface area contributed by atoms with Crippen molar-refractivity contribution in [3.8, 4) is 0 Å². The molecule has 0 aromatic carbocycles. The number of aryl methyl sites for hydroxylation is 1. The second-order valence-corrected chi connectivity index (χ2v) is 6.55. The van der Waals surface area contributed by atoms with Gasteiger partial charge in [-0.1, -0.05) is 0 Å². The van der Waals surface area contributed by atoms with Crippen LogP contribution in [0.1, 0.15) is 34.9 Å². The lowest BCUT2D eigenvalue weighted by molar-refractivity contribution is 0.573. The minimum absolute atomic E-state index is 0.245. The van der Waals surface area contributed by atoms with Crippen LogP contribution in [0.4, 0.5) is 0 Å². The molecule has 0 radical (unpaired) electrons. The highest BCUT2D eigenvalue weighted by atomic mass is 79.9. The maximum absolute atomic E-state index is 6.14. The van der Waals surface area contributed by atoms with Gasteiger partial charge < -0.3 is 10.3 Å². The summed E-state index contributed by atoms with van der Waals surface area (Å²) in [6, 6.07) is 2.43. The van der Waals surface area contributed by atoms with Crippen LogP contribution in [0, 0.1) is 0 Å². The average molecular weight is 311 g/mol. The Morgan fingerprint density at radius 3 is 3.06 bits per heavy atom. The van der Waals surface area contributed by atoms with Crippen LogP contribution in [0.5, 0.6) is 0 Å². The molecular formula is C13H15BrN2S. The highest BCUT2D eigenvalue weighted by Crippen LogP contribution is 2.29. The zero-order chi connectivity index (χ0) is 11.8. The number of nitrogens with zero attached hydrogens (tertiary/aromatic N) is 1. The van der Waals surface area contributed by atoms with Crippen molar-refractivity contribution < 1.29 is 0 Å². The molecule has 0 amide bonds. The summed E-state index contributed by atoms with van der Waals surface area (Å²) < 4.78 is 3.44. The standard InChI is InChI=1S/C13H15BrN2S/c14-10-4-11(17-8-10)6-16-5-9-2-1-3-13(15)12(9)7-16/h4-5,7-8,13H,1-3,6,15H2. The molecule has 0 aliphatic heterocycles. The van der Waals surface area contributed by atoms with E-state index >= 15 is 0 Å². The predicted octanol–water partition coefficient (Wildman–Crippen LogP) is 3.70. The van der Waals surface area contributed by atoms with E-state index in [-0.39, 0.29) is 6.04 Å². The monoisotopic (exact) mass is 310 g/mol. The summed E-state index contributed by atoms with van der Waals surface area (Å²) in [5, 5.41) is 2.13. The van der Waals surface area contributed by atoms with Gasteiger partial charge in [0, 0.05) is 33.2 Å². The maximum atomic E-state index is 6.14. The Kier molecular flexibility index (Phi) is 3.11. The molecule has 2 aromatic heterocycles. The minimum atomic E-state index is 0.245. The van der Waals surface area contributed by atoms with Gasteiger partial charge >= 0.3 is 0 Å². The molecule has 2 heterocycles. The van der Waals surface area contributed by atoms with Gasteiger partial charge in [0.1, 0.15) is 0 Å². The molecule has 0 spiro atoms. The van der Waals surface area contributed by atoms with Gasteiger partial charge in [-0.15, -0.1) is 11.3 Å². The molecule has 1 aliphatic carbocycles. The molecule has 0 saturated heterocycles. The summed E-state index contributed by atoms with van der Waals surface area (Å²) in [4.78, 5) is 1.37. The molecular weight excluding hydrogens is 296 g/mol. The second kappa shape index (κ2) is 4.59. The lowest BCUT2D eigenvalue weighted by Gasteiger charge is -2.17. The van der Waals surface area contributed by atoms with Gasteiger partial charge in [0.05, 0.1) is 6.54 Å². The second-order valence-electron chi connectivity index (χ2n) is 4.64. The average Bonchev–Trinajstić information content (AvgIpc) is 2.86. The summed E-state index contributed by atoms with van der Waals surface area (Å²) in [6.45, 7) is 0.954. The van der Waals surface area contributed by atoms with Crippen LogP contribution < -0.4 is 5.73 Å². The third-order valence-electron chi connectivity index (χ3n) is 3.32. The molecule has 1 atom stereocenters. The number of halogens is 1. The van der Waals surface area contributed by atoms with Gasteiger partial charge in [-0.2, -0.15) is 0 Å². The first-order valence-corrected chi connectivity index (χ1v) is 7.56. The highest BCUT2D eigenvalue weighted by molar-refractivity contribution is 9.10. The van der Waals surface area contributed by atoms with Gasteiger partial charge in [0.25, 0.3) is 0 Å². The smallest absolute Gasteiger partial charge is 0.0564 e. The van der Waals surface area contributed by atoms with Crippen LogP contribution in [0.2, 0.25) is 0 Å². The van der Waals surface area contributed by atoms with Crippen molar-refractivity contribution in [1.29, 1.82) is 0 Å². The highest BCUT2D eigenvalue weighted by Gasteiger charge is 2.18. The number of hydrogen-bond donors (Lipinski definition) is 1.